The molecule has 1 atom stereocenters. The molecular weight excluding hydrogens is 314 g/mol. The number of para-hydroxylation sites is 2. The molecule has 0 unspecified atom stereocenters. The number of fused-ring (bicyclic) bond motifs is 1. The fraction of sp³-hybridized carbons (Fsp3) is 0.650. The van der Waals surface area contributed by atoms with Crippen LogP contribution in [0.2, 0.25) is 0 Å². The van der Waals surface area contributed by atoms with Crippen LogP contribution in [-0.2, 0) is 9.53 Å². The first kappa shape index (κ1) is 16.9. The van der Waals surface area contributed by atoms with Gasteiger partial charge in [0.05, 0.1) is 17.0 Å². The Balaban J connectivity index is 1.37. The van der Waals surface area contributed by atoms with Crippen LogP contribution in [0.15, 0.2) is 24.3 Å². The molecule has 0 radical (unpaired) electrons. The van der Waals surface area contributed by atoms with Crippen LogP contribution in [0.5, 0.6) is 0 Å². The highest BCUT2D eigenvalue weighted by Gasteiger charge is 2.44. The van der Waals surface area contributed by atoms with E-state index in [1.807, 2.05) is 24.3 Å². The lowest BCUT2D eigenvalue weighted by molar-refractivity contribution is -0.122. The smallest absolute Gasteiger partial charge is 0.250 e. The lowest BCUT2D eigenvalue weighted by atomic mass is 9.83. The Labute approximate surface area is 150 Å². The van der Waals surface area contributed by atoms with Crippen molar-refractivity contribution in [3.63, 3.8) is 0 Å². The van der Waals surface area contributed by atoms with Gasteiger partial charge in [-0.25, -0.2) is 0 Å². The Morgan fingerprint density at radius 3 is 2.64 bits per heavy atom. The van der Waals surface area contributed by atoms with Crippen molar-refractivity contribution in [3.05, 3.63) is 24.3 Å². The van der Waals surface area contributed by atoms with Crippen LogP contribution in [0.25, 0.3) is 0 Å². The van der Waals surface area contributed by atoms with E-state index >= 15 is 0 Å². The molecule has 5 heteroatoms. The Morgan fingerprint density at radius 2 is 1.92 bits per heavy atom. The van der Waals surface area contributed by atoms with E-state index in [4.69, 9.17) is 4.74 Å². The molecule has 5 nitrogen and oxygen atoms in total. The zero-order chi connectivity index (χ0) is 17.5. The second-order valence-electron chi connectivity index (χ2n) is 8.47. The van der Waals surface area contributed by atoms with E-state index in [1.54, 1.807) is 0 Å². The number of hydrogen-bond donors (Lipinski definition) is 2. The zero-order valence-electron chi connectivity index (χ0n) is 15.3. The van der Waals surface area contributed by atoms with Crippen molar-refractivity contribution in [3.8, 4) is 0 Å². The number of anilines is 2. The minimum Gasteiger partial charge on any atom is -0.376 e. The van der Waals surface area contributed by atoms with Gasteiger partial charge < -0.3 is 20.3 Å². The number of carbonyl (C=O) groups excluding carboxylic acids is 1. The van der Waals surface area contributed by atoms with Crippen LogP contribution >= 0.6 is 0 Å². The maximum absolute atomic E-state index is 12.7. The molecule has 0 saturated carbocycles. The normalized spacial score (nSPS) is 28.1. The summed E-state index contributed by atoms with van der Waals surface area (Å²) < 4.78 is 5.84. The molecule has 1 aromatic rings. The Hall–Kier alpha value is -1.59. The Bertz CT molecular complexity index is 650. The standard InChI is InChI=1S/C20H29N3O2/c1-19(2)13-15(7-12-25-19)14-23-10-8-20(9-11-23)18(24)21-16-5-3-4-6-17(16)22-20/h3-6,15,22H,7-14H2,1-2H3,(H,21,24)/t15-/m0/s1. The van der Waals surface area contributed by atoms with Gasteiger partial charge in [0.25, 0.3) is 0 Å². The number of amides is 1. The molecule has 136 valence electrons. The quantitative estimate of drug-likeness (QED) is 0.866. The van der Waals surface area contributed by atoms with E-state index in [0.29, 0.717) is 5.92 Å². The summed E-state index contributed by atoms with van der Waals surface area (Å²) in [5.41, 5.74) is 1.50. The fourth-order valence-electron chi connectivity index (χ4n) is 4.61. The lowest BCUT2D eigenvalue weighted by Gasteiger charge is -2.45. The van der Waals surface area contributed by atoms with Gasteiger partial charge >= 0.3 is 0 Å². The minimum absolute atomic E-state index is 0.00838. The summed E-state index contributed by atoms with van der Waals surface area (Å²) in [5, 5.41) is 6.63. The molecule has 1 spiro atoms. The summed E-state index contributed by atoms with van der Waals surface area (Å²) in [4.78, 5) is 15.2. The molecular formula is C20H29N3O2. The van der Waals surface area contributed by atoms with Gasteiger partial charge in [-0.05, 0) is 57.6 Å². The first-order chi connectivity index (χ1) is 12.0. The van der Waals surface area contributed by atoms with E-state index in [-0.39, 0.29) is 11.5 Å². The molecule has 2 saturated heterocycles. The topological polar surface area (TPSA) is 53.6 Å². The van der Waals surface area contributed by atoms with Crippen LogP contribution in [-0.4, -0.2) is 48.2 Å². The number of piperidine rings is 1. The van der Waals surface area contributed by atoms with Crippen LogP contribution in [0.3, 0.4) is 0 Å². The van der Waals surface area contributed by atoms with Gasteiger partial charge in [0.15, 0.2) is 0 Å². The maximum Gasteiger partial charge on any atom is 0.250 e. The third-order valence-corrected chi connectivity index (χ3v) is 6.01. The van der Waals surface area contributed by atoms with E-state index in [1.165, 1.54) is 0 Å². The van der Waals surface area contributed by atoms with E-state index < -0.39 is 5.54 Å². The third-order valence-electron chi connectivity index (χ3n) is 6.01. The maximum atomic E-state index is 12.7. The monoisotopic (exact) mass is 343 g/mol. The van der Waals surface area contributed by atoms with Crippen LogP contribution in [0, 0.1) is 5.92 Å². The van der Waals surface area contributed by atoms with Gasteiger partial charge in [-0.1, -0.05) is 12.1 Å². The van der Waals surface area contributed by atoms with Crippen LogP contribution in [0.4, 0.5) is 11.4 Å². The summed E-state index contributed by atoms with van der Waals surface area (Å²) in [6.07, 6.45) is 4.00. The largest absolute Gasteiger partial charge is 0.376 e. The molecule has 3 heterocycles. The molecule has 2 fully saturated rings. The number of ether oxygens (including phenoxy) is 1. The van der Waals surface area contributed by atoms with Gasteiger partial charge in [0.1, 0.15) is 5.54 Å². The van der Waals surface area contributed by atoms with Crippen LogP contribution < -0.4 is 10.6 Å². The number of nitrogens with one attached hydrogen (secondary N) is 2. The predicted molar refractivity (Wildman–Crippen MR) is 99.9 cm³/mol. The summed E-state index contributed by atoms with van der Waals surface area (Å²) in [6, 6.07) is 7.97. The first-order valence-electron chi connectivity index (χ1n) is 9.51. The molecule has 25 heavy (non-hydrogen) atoms. The van der Waals surface area contributed by atoms with Gasteiger partial charge in [-0.15, -0.1) is 0 Å². The fourth-order valence-corrected chi connectivity index (χ4v) is 4.61. The summed E-state index contributed by atoms with van der Waals surface area (Å²) in [7, 11) is 0. The second-order valence-corrected chi connectivity index (χ2v) is 8.47. The summed E-state index contributed by atoms with van der Waals surface area (Å²) >= 11 is 0. The van der Waals surface area contributed by atoms with Gasteiger partial charge in [0.2, 0.25) is 5.91 Å². The van der Waals surface area contributed by atoms with Gasteiger partial charge in [0, 0.05) is 26.2 Å². The highest BCUT2D eigenvalue weighted by Crippen LogP contribution is 2.37. The van der Waals surface area contributed by atoms with Crippen molar-refractivity contribution in [2.75, 3.05) is 36.9 Å². The summed E-state index contributed by atoms with van der Waals surface area (Å²) in [6.45, 7) is 8.33. The second kappa shape index (κ2) is 6.29. The highest BCUT2D eigenvalue weighted by molar-refractivity contribution is 6.06. The molecule has 4 rings (SSSR count). The van der Waals surface area contributed by atoms with Crippen molar-refractivity contribution in [1.29, 1.82) is 0 Å². The SMILES string of the molecule is CC1(C)C[C@@H](CN2CCC3(CC2)Nc2ccccc2NC3=O)CCO1. The number of likely N-dealkylation sites (tertiary alicyclic amines) is 1. The third kappa shape index (κ3) is 3.40. The number of hydrogen-bond acceptors (Lipinski definition) is 4. The number of carbonyl (C=O) groups is 1. The molecule has 0 bridgehead atoms. The van der Waals surface area contributed by atoms with Crippen molar-refractivity contribution in [2.45, 2.75) is 50.7 Å². The minimum atomic E-state index is -0.445. The highest BCUT2D eigenvalue weighted by atomic mass is 16.5. The van der Waals surface area contributed by atoms with E-state index in [2.05, 4.69) is 29.4 Å². The van der Waals surface area contributed by atoms with Crippen molar-refractivity contribution in [1.82, 2.24) is 4.90 Å². The molecule has 0 aliphatic carbocycles. The van der Waals surface area contributed by atoms with E-state index in [9.17, 15) is 4.79 Å². The molecule has 1 amide bonds. The molecule has 2 N–H and O–H groups in total. The number of rotatable bonds is 2. The van der Waals surface area contributed by atoms with Crippen molar-refractivity contribution >= 4 is 17.3 Å². The first-order valence-corrected chi connectivity index (χ1v) is 9.51. The number of benzene rings is 1. The molecule has 3 aliphatic rings. The van der Waals surface area contributed by atoms with E-state index in [0.717, 1.165) is 63.3 Å². The zero-order valence-corrected chi connectivity index (χ0v) is 15.3. The van der Waals surface area contributed by atoms with Crippen LogP contribution in [0.1, 0.15) is 39.5 Å². The molecule has 1 aromatic carbocycles. The average molecular weight is 343 g/mol. The lowest BCUT2D eigenvalue weighted by Crippen LogP contribution is -2.58. The van der Waals surface area contributed by atoms with Crippen molar-refractivity contribution < 1.29 is 9.53 Å². The Kier molecular flexibility index (Phi) is 4.24. The predicted octanol–water partition coefficient (Wildman–Crippen LogP) is 3.09. The Morgan fingerprint density at radius 1 is 1.20 bits per heavy atom. The molecule has 0 aromatic heterocycles. The number of nitrogens with zero attached hydrogens (tertiary/aromatic N) is 1. The van der Waals surface area contributed by atoms with Crippen molar-refractivity contribution in [2.24, 2.45) is 5.92 Å². The van der Waals surface area contributed by atoms with Gasteiger partial charge in [-0.3, -0.25) is 4.79 Å². The summed E-state index contributed by atoms with van der Waals surface area (Å²) in [5.74, 6) is 0.824. The molecule has 3 aliphatic heterocycles. The van der Waals surface area contributed by atoms with Gasteiger partial charge in [-0.2, -0.15) is 0 Å². The average Bonchev–Trinajstić information content (AvgIpc) is 2.57.